The lowest BCUT2D eigenvalue weighted by atomic mass is 10.1. The predicted molar refractivity (Wildman–Crippen MR) is 53.5 cm³/mol. The highest BCUT2D eigenvalue weighted by Gasteiger charge is 2.32. The van der Waals surface area contributed by atoms with E-state index in [4.69, 9.17) is 17.2 Å². The van der Waals surface area contributed by atoms with E-state index in [-0.39, 0.29) is 12.2 Å². The number of nitrogen functional groups attached to an aromatic ring is 1. The van der Waals surface area contributed by atoms with Gasteiger partial charge in [0.25, 0.3) is 0 Å². The molecule has 0 fully saturated rings. The number of ether oxygens (including phenoxy) is 1. The summed E-state index contributed by atoms with van der Waals surface area (Å²) in [5.74, 6) is -0.464. The second kappa shape index (κ2) is 4.58. The van der Waals surface area contributed by atoms with Crippen LogP contribution in [0, 0.1) is 0 Å². The number of hydrogen-bond donors (Lipinski definition) is 3. The Hall–Kier alpha value is -1.47. The van der Waals surface area contributed by atoms with Crippen molar-refractivity contribution in [2.45, 2.75) is 12.4 Å². The van der Waals surface area contributed by atoms with Crippen LogP contribution in [-0.2, 0) is 0 Å². The Morgan fingerprint density at radius 1 is 1.31 bits per heavy atom. The van der Waals surface area contributed by atoms with Crippen molar-refractivity contribution in [3.63, 3.8) is 0 Å². The zero-order valence-corrected chi connectivity index (χ0v) is 8.29. The van der Waals surface area contributed by atoms with Crippen molar-refractivity contribution in [3.05, 3.63) is 23.8 Å². The molecule has 1 aromatic rings. The van der Waals surface area contributed by atoms with E-state index in [0.717, 1.165) is 6.07 Å². The Balaban J connectivity index is 2.99. The Bertz CT molecular complexity index is 368. The molecule has 0 aliphatic carbocycles. The van der Waals surface area contributed by atoms with E-state index in [1.807, 2.05) is 0 Å². The molecule has 7 heteroatoms. The van der Waals surface area contributed by atoms with Crippen LogP contribution >= 0.6 is 0 Å². The molecule has 90 valence electrons. The molecular formula is C9H12F3N3O. The molecule has 4 nitrogen and oxygen atoms in total. The second-order valence-corrected chi connectivity index (χ2v) is 3.19. The van der Waals surface area contributed by atoms with Gasteiger partial charge in [-0.1, -0.05) is 6.07 Å². The molecule has 0 heterocycles. The minimum absolute atomic E-state index is 0.106. The van der Waals surface area contributed by atoms with Crippen LogP contribution in [0.15, 0.2) is 18.2 Å². The zero-order chi connectivity index (χ0) is 12.3. The number of rotatable bonds is 3. The predicted octanol–water partition coefficient (Wildman–Crippen LogP) is 1.13. The van der Waals surface area contributed by atoms with Gasteiger partial charge in [0.15, 0.2) is 5.75 Å². The third-order valence-electron chi connectivity index (χ3n) is 1.95. The summed E-state index contributed by atoms with van der Waals surface area (Å²) in [7, 11) is 0. The Morgan fingerprint density at radius 3 is 2.44 bits per heavy atom. The molecule has 0 aliphatic heterocycles. The first-order chi connectivity index (χ1) is 7.33. The highest BCUT2D eigenvalue weighted by Crippen LogP contribution is 2.30. The minimum Gasteiger partial charge on any atom is -0.404 e. The average molecular weight is 235 g/mol. The number of benzene rings is 1. The first kappa shape index (κ1) is 12.6. The largest absolute Gasteiger partial charge is 0.573 e. The third-order valence-corrected chi connectivity index (χ3v) is 1.95. The summed E-state index contributed by atoms with van der Waals surface area (Å²) < 4.78 is 39.8. The van der Waals surface area contributed by atoms with E-state index < -0.39 is 18.2 Å². The molecule has 0 radical (unpaired) electrons. The van der Waals surface area contributed by atoms with Crippen LogP contribution in [0.25, 0.3) is 0 Å². The topological polar surface area (TPSA) is 87.3 Å². The monoisotopic (exact) mass is 235 g/mol. The molecular weight excluding hydrogens is 223 g/mol. The second-order valence-electron chi connectivity index (χ2n) is 3.19. The quantitative estimate of drug-likeness (QED) is 0.685. The van der Waals surface area contributed by atoms with Crippen LogP contribution in [0.4, 0.5) is 18.9 Å². The summed E-state index contributed by atoms with van der Waals surface area (Å²) in [4.78, 5) is 0. The van der Waals surface area contributed by atoms with Crippen molar-refractivity contribution in [1.29, 1.82) is 0 Å². The summed E-state index contributed by atoms with van der Waals surface area (Å²) >= 11 is 0. The highest BCUT2D eigenvalue weighted by atomic mass is 19.4. The molecule has 16 heavy (non-hydrogen) atoms. The number of nitrogens with two attached hydrogens (primary N) is 3. The molecule has 0 unspecified atom stereocenters. The van der Waals surface area contributed by atoms with Gasteiger partial charge in [-0.05, 0) is 17.7 Å². The standard InChI is InChI=1S/C9H12F3N3O/c10-9(11,12)16-8-3-5(7(15)4-13)1-2-6(8)14/h1-3,7H,4,13-15H2/t7-/m1/s1. The zero-order valence-electron chi connectivity index (χ0n) is 8.29. The minimum atomic E-state index is -4.78. The maximum absolute atomic E-state index is 12.0. The van der Waals surface area contributed by atoms with Crippen LogP contribution in [0.1, 0.15) is 11.6 Å². The molecule has 0 aromatic heterocycles. The van der Waals surface area contributed by atoms with E-state index in [1.54, 1.807) is 0 Å². The summed E-state index contributed by atoms with van der Waals surface area (Å²) in [5, 5.41) is 0. The van der Waals surface area contributed by atoms with Gasteiger partial charge in [0, 0.05) is 12.6 Å². The summed E-state index contributed by atoms with van der Waals surface area (Å²) in [6.45, 7) is 0.120. The summed E-state index contributed by atoms with van der Waals surface area (Å²) in [6, 6.07) is 3.40. The van der Waals surface area contributed by atoms with Crippen molar-refractivity contribution in [2.75, 3.05) is 12.3 Å². The van der Waals surface area contributed by atoms with E-state index >= 15 is 0 Å². The number of hydrogen-bond acceptors (Lipinski definition) is 4. The number of alkyl halides is 3. The van der Waals surface area contributed by atoms with Crippen molar-refractivity contribution >= 4 is 5.69 Å². The van der Waals surface area contributed by atoms with E-state index in [2.05, 4.69) is 4.74 Å². The lowest BCUT2D eigenvalue weighted by molar-refractivity contribution is -0.274. The molecule has 0 saturated carbocycles. The number of anilines is 1. The lowest BCUT2D eigenvalue weighted by Crippen LogP contribution is -2.22. The van der Waals surface area contributed by atoms with Crippen LogP contribution in [0.3, 0.4) is 0 Å². The van der Waals surface area contributed by atoms with Gasteiger partial charge in [-0.2, -0.15) is 0 Å². The van der Waals surface area contributed by atoms with Gasteiger partial charge in [-0.3, -0.25) is 0 Å². The maximum Gasteiger partial charge on any atom is 0.573 e. The van der Waals surface area contributed by atoms with Crippen molar-refractivity contribution < 1.29 is 17.9 Å². The van der Waals surface area contributed by atoms with E-state index in [1.165, 1.54) is 12.1 Å². The van der Waals surface area contributed by atoms with Crippen LogP contribution in [0.5, 0.6) is 5.75 Å². The van der Waals surface area contributed by atoms with Gasteiger partial charge in [-0.25, -0.2) is 0 Å². The van der Waals surface area contributed by atoms with Crippen LogP contribution < -0.4 is 21.9 Å². The SMILES string of the molecule is NC[C@@H](N)c1ccc(N)c(OC(F)(F)F)c1. The van der Waals surface area contributed by atoms with Gasteiger partial charge in [0.2, 0.25) is 0 Å². The van der Waals surface area contributed by atoms with Crippen molar-refractivity contribution in [2.24, 2.45) is 11.5 Å². The van der Waals surface area contributed by atoms with Crippen molar-refractivity contribution in [3.8, 4) is 5.75 Å². The molecule has 0 spiro atoms. The fourth-order valence-electron chi connectivity index (χ4n) is 1.13. The lowest BCUT2D eigenvalue weighted by Gasteiger charge is -2.14. The first-order valence-electron chi connectivity index (χ1n) is 4.44. The summed E-state index contributed by atoms with van der Waals surface area (Å²) in [6.07, 6.45) is -4.78. The van der Waals surface area contributed by atoms with Crippen molar-refractivity contribution in [1.82, 2.24) is 0 Å². The van der Waals surface area contributed by atoms with Crippen LogP contribution in [-0.4, -0.2) is 12.9 Å². The maximum atomic E-state index is 12.0. The molecule has 1 aromatic carbocycles. The van der Waals surface area contributed by atoms with E-state index in [0.29, 0.717) is 5.56 Å². The van der Waals surface area contributed by atoms with E-state index in [9.17, 15) is 13.2 Å². The van der Waals surface area contributed by atoms with Gasteiger partial charge in [0.1, 0.15) is 0 Å². The molecule has 0 saturated heterocycles. The first-order valence-corrected chi connectivity index (χ1v) is 4.44. The molecule has 0 bridgehead atoms. The molecule has 0 aliphatic rings. The summed E-state index contributed by atoms with van der Waals surface area (Å²) in [5.41, 5.74) is 16.6. The number of halogens is 3. The Kier molecular flexibility index (Phi) is 3.61. The van der Waals surface area contributed by atoms with Gasteiger partial charge in [0.05, 0.1) is 5.69 Å². The fraction of sp³-hybridized carbons (Fsp3) is 0.333. The fourth-order valence-corrected chi connectivity index (χ4v) is 1.13. The molecule has 1 atom stereocenters. The Labute approximate surface area is 90.2 Å². The molecule has 1 rings (SSSR count). The molecule has 6 N–H and O–H groups in total. The van der Waals surface area contributed by atoms with Gasteiger partial charge < -0.3 is 21.9 Å². The normalized spacial score (nSPS) is 13.6. The molecule has 0 amide bonds. The third kappa shape index (κ3) is 3.28. The van der Waals surface area contributed by atoms with Gasteiger partial charge >= 0.3 is 6.36 Å². The van der Waals surface area contributed by atoms with Gasteiger partial charge in [-0.15, -0.1) is 13.2 Å². The smallest absolute Gasteiger partial charge is 0.404 e. The van der Waals surface area contributed by atoms with Crippen LogP contribution in [0.2, 0.25) is 0 Å². The average Bonchev–Trinajstić information content (AvgIpc) is 2.18. The Morgan fingerprint density at radius 2 is 1.94 bits per heavy atom. The highest BCUT2D eigenvalue weighted by molar-refractivity contribution is 5.54.